The number of carbonyl (C=O) groups excluding carboxylic acids is 1. The number of likely N-dealkylation sites (tertiary alicyclic amines) is 1. The number of aromatic nitrogens is 3. The molecule has 0 radical (unpaired) electrons. The van der Waals surface area contributed by atoms with Gasteiger partial charge in [-0.3, -0.25) is 9.20 Å². The van der Waals surface area contributed by atoms with Crippen molar-refractivity contribution >= 4 is 33.5 Å². The number of carbonyl (C=O) groups is 1. The summed E-state index contributed by atoms with van der Waals surface area (Å²) in [5, 5.41) is 4.75. The van der Waals surface area contributed by atoms with Gasteiger partial charge in [0.05, 0.1) is 18.8 Å². The summed E-state index contributed by atoms with van der Waals surface area (Å²) in [6.45, 7) is 0.714. The number of hydrogen-bond donors (Lipinski definition) is 0. The molecule has 1 fully saturated rings. The Morgan fingerprint density at radius 1 is 1.34 bits per heavy atom. The van der Waals surface area contributed by atoms with Crippen LogP contribution in [0, 0.1) is 5.82 Å². The van der Waals surface area contributed by atoms with Crippen LogP contribution in [-0.2, 0) is 0 Å². The molecule has 148 valence electrons. The second kappa shape index (κ2) is 7.23. The fraction of sp³-hybridized carbons (Fsp3) is 0.250. The van der Waals surface area contributed by atoms with Crippen LogP contribution in [-0.4, -0.2) is 38.8 Å². The summed E-state index contributed by atoms with van der Waals surface area (Å²) >= 11 is 2.98. The minimum atomic E-state index is -0.444. The van der Waals surface area contributed by atoms with Gasteiger partial charge in [0.25, 0.3) is 5.91 Å². The van der Waals surface area contributed by atoms with Crippen molar-refractivity contribution in [3.8, 4) is 17.0 Å². The van der Waals surface area contributed by atoms with Crippen molar-refractivity contribution in [2.24, 2.45) is 0 Å². The minimum Gasteiger partial charge on any atom is -0.494 e. The van der Waals surface area contributed by atoms with E-state index in [0.717, 1.165) is 17.8 Å². The van der Waals surface area contributed by atoms with E-state index < -0.39 is 5.82 Å². The highest BCUT2D eigenvalue weighted by molar-refractivity contribution is 7.15. The number of benzene rings is 1. The van der Waals surface area contributed by atoms with Gasteiger partial charge in [-0.15, -0.1) is 22.7 Å². The highest BCUT2D eigenvalue weighted by Gasteiger charge is 2.33. The second-order valence-electron chi connectivity index (χ2n) is 6.78. The summed E-state index contributed by atoms with van der Waals surface area (Å²) in [6, 6.07) is 4.75. The summed E-state index contributed by atoms with van der Waals surface area (Å²) < 4.78 is 20.9. The van der Waals surface area contributed by atoms with Crippen LogP contribution in [0.4, 0.5) is 4.39 Å². The molecule has 9 heteroatoms. The van der Waals surface area contributed by atoms with Gasteiger partial charge in [-0.2, -0.15) is 0 Å². The van der Waals surface area contributed by atoms with Gasteiger partial charge in [-0.25, -0.2) is 14.4 Å². The summed E-state index contributed by atoms with van der Waals surface area (Å²) in [6.07, 6.45) is 5.45. The number of ether oxygens (including phenoxy) is 1. The van der Waals surface area contributed by atoms with Crippen LogP contribution < -0.4 is 4.74 Å². The third-order valence-electron chi connectivity index (χ3n) is 5.13. The van der Waals surface area contributed by atoms with E-state index in [0.29, 0.717) is 28.5 Å². The van der Waals surface area contributed by atoms with Crippen molar-refractivity contribution in [1.29, 1.82) is 0 Å². The van der Waals surface area contributed by atoms with Crippen LogP contribution in [0.3, 0.4) is 0 Å². The maximum atomic E-state index is 14.1. The monoisotopic (exact) mass is 428 g/mol. The molecule has 4 heterocycles. The molecule has 1 amide bonds. The fourth-order valence-electron chi connectivity index (χ4n) is 3.72. The molecule has 0 spiro atoms. The van der Waals surface area contributed by atoms with Gasteiger partial charge in [-0.05, 0) is 31.0 Å². The Morgan fingerprint density at radius 2 is 2.24 bits per heavy atom. The highest BCUT2D eigenvalue weighted by atomic mass is 32.1. The van der Waals surface area contributed by atoms with Gasteiger partial charge in [0.2, 0.25) is 0 Å². The third kappa shape index (κ3) is 3.10. The number of fused-ring (bicyclic) bond motifs is 1. The molecule has 6 nitrogen and oxygen atoms in total. The molecule has 4 aromatic rings. The van der Waals surface area contributed by atoms with E-state index in [4.69, 9.17) is 4.74 Å². The van der Waals surface area contributed by atoms with Gasteiger partial charge >= 0.3 is 0 Å². The molecule has 5 rings (SSSR count). The Labute approximate surface area is 174 Å². The van der Waals surface area contributed by atoms with E-state index in [1.165, 1.54) is 24.5 Å². The summed E-state index contributed by atoms with van der Waals surface area (Å²) in [4.78, 5) is 24.9. The topological polar surface area (TPSA) is 59.7 Å². The largest absolute Gasteiger partial charge is 0.494 e. The lowest BCUT2D eigenvalue weighted by Gasteiger charge is -2.22. The maximum absolute atomic E-state index is 14.1. The average Bonchev–Trinajstić information content (AvgIpc) is 3.51. The van der Waals surface area contributed by atoms with E-state index in [2.05, 4.69) is 9.97 Å². The van der Waals surface area contributed by atoms with Gasteiger partial charge in [0.1, 0.15) is 10.7 Å². The van der Waals surface area contributed by atoms with Crippen molar-refractivity contribution in [3.63, 3.8) is 0 Å². The summed E-state index contributed by atoms with van der Waals surface area (Å²) in [7, 11) is 1.43. The Hall–Kier alpha value is -2.78. The first-order valence-corrected chi connectivity index (χ1v) is 10.9. The Balaban J connectivity index is 1.48. The number of hydrogen-bond acceptors (Lipinski definition) is 6. The lowest BCUT2D eigenvalue weighted by Crippen LogP contribution is -2.31. The summed E-state index contributed by atoms with van der Waals surface area (Å²) in [5.74, 6) is -0.285. The van der Waals surface area contributed by atoms with Crippen molar-refractivity contribution < 1.29 is 13.9 Å². The van der Waals surface area contributed by atoms with E-state index in [9.17, 15) is 9.18 Å². The summed E-state index contributed by atoms with van der Waals surface area (Å²) in [5.41, 5.74) is 1.82. The first-order chi connectivity index (χ1) is 14.2. The Bertz CT molecular complexity index is 1180. The van der Waals surface area contributed by atoms with E-state index in [-0.39, 0.29) is 17.7 Å². The molecule has 1 aliphatic heterocycles. The predicted molar refractivity (Wildman–Crippen MR) is 110 cm³/mol. The first-order valence-electron chi connectivity index (χ1n) is 9.16. The van der Waals surface area contributed by atoms with Gasteiger partial charge in [0.15, 0.2) is 16.5 Å². The zero-order valence-corrected chi connectivity index (χ0v) is 17.2. The van der Waals surface area contributed by atoms with Gasteiger partial charge in [0, 0.05) is 35.3 Å². The fourth-order valence-corrected chi connectivity index (χ4v) is 5.35. The Morgan fingerprint density at radius 3 is 3.00 bits per heavy atom. The van der Waals surface area contributed by atoms with Crippen molar-refractivity contribution in [2.75, 3.05) is 13.7 Å². The quantitative estimate of drug-likeness (QED) is 0.475. The highest BCUT2D eigenvalue weighted by Crippen LogP contribution is 2.35. The maximum Gasteiger partial charge on any atom is 0.272 e. The zero-order valence-electron chi connectivity index (χ0n) is 15.5. The second-order valence-corrected chi connectivity index (χ2v) is 8.54. The number of methoxy groups -OCH3 is 1. The number of halogens is 1. The SMILES string of the molecule is COc1ccc(-c2cn3c(C(=O)N4CCCC4c4nccs4)csc3n2)cc1F. The number of amides is 1. The van der Waals surface area contributed by atoms with Crippen molar-refractivity contribution in [3.05, 3.63) is 57.9 Å². The Kier molecular flexibility index (Phi) is 4.56. The molecule has 1 saturated heterocycles. The van der Waals surface area contributed by atoms with Crippen LogP contribution in [0.15, 0.2) is 41.4 Å². The van der Waals surface area contributed by atoms with Gasteiger partial charge in [-0.1, -0.05) is 0 Å². The smallest absolute Gasteiger partial charge is 0.272 e. The van der Waals surface area contributed by atoms with Crippen LogP contribution >= 0.6 is 22.7 Å². The van der Waals surface area contributed by atoms with Crippen molar-refractivity contribution in [2.45, 2.75) is 18.9 Å². The molecule has 0 saturated carbocycles. The molecule has 1 unspecified atom stereocenters. The molecule has 0 aliphatic carbocycles. The third-order valence-corrected chi connectivity index (χ3v) is 6.84. The molecule has 0 bridgehead atoms. The van der Waals surface area contributed by atoms with Crippen LogP contribution in [0.5, 0.6) is 5.75 Å². The normalized spacial score (nSPS) is 16.6. The van der Waals surface area contributed by atoms with Crippen LogP contribution in [0.2, 0.25) is 0 Å². The molecule has 1 atom stereocenters. The first kappa shape index (κ1) is 18.3. The standard InChI is InChI=1S/C20H17FN4O2S2/c1-27-17-5-4-12(9-13(17)21)14-10-25-16(11-29-20(25)23-14)19(26)24-7-2-3-15(24)18-22-6-8-28-18/h4-6,8-11,15H,2-3,7H2,1H3. The average molecular weight is 429 g/mol. The molecule has 1 aromatic carbocycles. The zero-order chi connectivity index (χ0) is 20.0. The molecule has 1 aliphatic rings. The number of imidazole rings is 1. The predicted octanol–water partition coefficient (Wildman–Crippen LogP) is 4.64. The number of thiazole rings is 2. The number of nitrogens with zero attached hydrogens (tertiary/aromatic N) is 4. The van der Waals surface area contributed by atoms with Crippen LogP contribution in [0.1, 0.15) is 34.4 Å². The minimum absolute atomic E-state index is 0.0242. The molecule has 29 heavy (non-hydrogen) atoms. The lowest BCUT2D eigenvalue weighted by atomic mass is 10.1. The molecule has 0 N–H and O–H groups in total. The molecule has 3 aromatic heterocycles. The number of rotatable bonds is 4. The molecular weight excluding hydrogens is 411 g/mol. The van der Waals surface area contributed by atoms with Crippen molar-refractivity contribution in [1.82, 2.24) is 19.3 Å². The lowest BCUT2D eigenvalue weighted by molar-refractivity contribution is 0.0728. The van der Waals surface area contributed by atoms with E-state index in [1.54, 1.807) is 40.3 Å². The van der Waals surface area contributed by atoms with Gasteiger partial charge < -0.3 is 9.64 Å². The molecular formula is C20H17FN4O2S2. The van der Waals surface area contributed by atoms with E-state index >= 15 is 0 Å². The van der Waals surface area contributed by atoms with Crippen LogP contribution in [0.25, 0.3) is 16.2 Å². The van der Waals surface area contributed by atoms with E-state index in [1.807, 2.05) is 15.7 Å².